The van der Waals surface area contributed by atoms with Gasteiger partial charge in [-0.15, -0.1) is 0 Å². The highest BCUT2D eigenvalue weighted by Gasteiger charge is 2.27. The summed E-state index contributed by atoms with van der Waals surface area (Å²) in [7, 11) is 1.26. The van der Waals surface area contributed by atoms with E-state index in [4.69, 9.17) is 21.1 Å². The number of nitro groups is 1. The molecule has 0 aliphatic rings. The van der Waals surface area contributed by atoms with Crippen LogP contribution in [0.15, 0.2) is 48.8 Å². The topological polar surface area (TPSA) is 114 Å². The number of rotatable bonds is 6. The first-order chi connectivity index (χ1) is 13.9. The molecule has 148 valence electrons. The SMILES string of the molecule is COC(=O)c1ccc(Oc2ncnc(Oc3ccc(Cl)c(C)c3)c2[N+](=O)[O-])cc1. The average Bonchev–Trinajstić information content (AvgIpc) is 2.70. The number of aromatic nitrogens is 2. The van der Waals surface area contributed by atoms with Gasteiger partial charge >= 0.3 is 23.4 Å². The molecule has 29 heavy (non-hydrogen) atoms. The summed E-state index contributed by atoms with van der Waals surface area (Å²) in [6.45, 7) is 1.77. The first-order valence-electron chi connectivity index (χ1n) is 8.18. The van der Waals surface area contributed by atoms with E-state index in [2.05, 4.69) is 14.7 Å². The van der Waals surface area contributed by atoms with Crippen LogP contribution in [0, 0.1) is 17.0 Å². The summed E-state index contributed by atoms with van der Waals surface area (Å²) in [6.07, 6.45) is 1.09. The van der Waals surface area contributed by atoms with Gasteiger partial charge in [0, 0.05) is 5.02 Å². The van der Waals surface area contributed by atoms with E-state index in [1.54, 1.807) is 25.1 Å². The third-order valence-corrected chi connectivity index (χ3v) is 4.20. The van der Waals surface area contributed by atoms with Gasteiger partial charge in [0.1, 0.15) is 17.8 Å². The molecule has 0 unspecified atom stereocenters. The number of halogens is 1. The van der Waals surface area contributed by atoms with E-state index >= 15 is 0 Å². The van der Waals surface area contributed by atoms with Crippen molar-refractivity contribution in [3.63, 3.8) is 0 Å². The molecule has 9 nitrogen and oxygen atoms in total. The lowest BCUT2D eigenvalue weighted by molar-refractivity contribution is -0.387. The normalized spacial score (nSPS) is 10.3. The van der Waals surface area contributed by atoms with Crippen molar-refractivity contribution in [2.24, 2.45) is 0 Å². The first kappa shape index (κ1) is 20.0. The Labute approximate surface area is 170 Å². The number of hydrogen-bond donors (Lipinski definition) is 0. The minimum absolute atomic E-state index is 0.229. The molecule has 0 aliphatic heterocycles. The highest BCUT2D eigenvalue weighted by Crippen LogP contribution is 2.38. The molecular formula is C19H14ClN3O6. The largest absolute Gasteiger partial charge is 0.465 e. The molecule has 0 spiro atoms. The number of esters is 1. The molecular weight excluding hydrogens is 402 g/mol. The Morgan fingerprint density at radius 3 is 2.17 bits per heavy atom. The zero-order valence-corrected chi connectivity index (χ0v) is 16.0. The Hall–Kier alpha value is -3.72. The fraction of sp³-hybridized carbons (Fsp3) is 0.105. The Bertz CT molecular complexity index is 1070. The van der Waals surface area contributed by atoms with Gasteiger partial charge in [-0.25, -0.2) is 4.79 Å². The van der Waals surface area contributed by atoms with Gasteiger partial charge in [0.15, 0.2) is 0 Å². The number of nitrogens with zero attached hydrogens (tertiary/aromatic N) is 3. The van der Waals surface area contributed by atoms with E-state index in [0.29, 0.717) is 16.3 Å². The fourth-order valence-electron chi connectivity index (χ4n) is 2.33. The molecule has 0 saturated carbocycles. The molecule has 0 radical (unpaired) electrons. The van der Waals surface area contributed by atoms with Gasteiger partial charge in [0.25, 0.3) is 0 Å². The van der Waals surface area contributed by atoms with Gasteiger partial charge in [-0.3, -0.25) is 10.1 Å². The molecule has 0 fully saturated rings. The molecule has 3 aromatic rings. The monoisotopic (exact) mass is 415 g/mol. The summed E-state index contributed by atoms with van der Waals surface area (Å²) in [6, 6.07) is 10.6. The van der Waals surface area contributed by atoms with Crippen molar-refractivity contribution in [2.45, 2.75) is 6.92 Å². The molecule has 3 rings (SSSR count). The van der Waals surface area contributed by atoms with Crippen LogP contribution in [0.4, 0.5) is 5.69 Å². The van der Waals surface area contributed by atoms with Gasteiger partial charge < -0.3 is 14.2 Å². The summed E-state index contributed by atoms with van der Waals surface area (Å²) in [5, 5.41) is 12.1. The third kappa shape index (κ3) is 4.58. The number of hydrogen-bond acceptors (Lipinski definition) is 8. The average molecular weight is 416 g/mol. The molecule has 0 bridgehead atoms. The summed E-state index contributed by atoms with van der Waals surface area (Å²) in [5.41, 5.74) is 0.499. The van der Waals surface area contributed by atoms with Crippen LogP contribution < -0.4 is 9.47 Å². The number of aryl methyl sites for hydroxylation is 1. The molecule has 2 aromatic carbocycles. The molecule has 0 atom stereocenters. The van der Waals surface area contributed by atoms with E-state index in [9.17, 15) is 14.9 Å². The highest BCUT2D eigenvalue weighted by molar-refractivity contribution is 6.31. The van der Waals surface area contributed by atoms with E-state index in [0.717, 1.165) is 11.9 Å². The van der Waals surface area contributed by atoms with Gasteiger partial charge in [-0.2, -0.15) is 9.97 Å². The van der Waals surface area contributed by atoms with Crippen LogP contribution in [-0.2, 0) is 4.74 Å². The Balaban J connectivity index is 1.91. The van der Waals surface area contributed by atoms with Gasteiger partial charge in [0.2, 0.25) is 0 Å². The van der Waals surface area contributed by atoms with Crippen LogP contribution in [0.1, 0.15) is 15.9 Å². The molecule has 0 amide bonds. The van der Waals surface area contributed by atoms with E-state index < -0.39 is 16.6 Å². The molecule has 0 N–H and O–H groups in total. The fourth-order valence-corrected chi connectivity index (χ4v) is 2.45. The number of benzene rings is 2. The maximum absolute atomic E-state index is 11.6. The number of carbonyl (C=O) groups is 1. The minimum Gasteiger partial charge on any atom is -0.465 e. The second kappa shape index (κ2) is 8.53. The van der Waals surface area contributed by atoms with Crippen molar-refractivity contribution in [3.8, 4) is 23.3 Å². The third-order valence-electron chi connectivity index (χ3n) is 3.77. The Kier molecular flexibility index (Phi) is 5.89. The zero-order chi connectivity index (χ0) is 21.0. The Morgan fingerprint density at radius 2 is 1.62 bits per heavy atom. The second-order valence-corrected chi connectivity index (χ2v) is 6.13. The summed E-state index contributed by atoms with van der Waals surface area (Å²) < 4.78 is 15.7. The van der Waals surface area contributed by atoms with E-state index in [1.165, 1.54) is 31.4 Å². The summed E-state index contributed by atoms with van der Waals surface area (Å²) in [5.74, 6) is -0.558. The zero-order valence-electron chi connectivity index (χ0n) is 15.3. The number of methoxy groups -OCH3 is 1. The predicted molar refractivity (Wildman–Crippen MR) is 103 cm³/mol. The van der Waals surface area contributed by atoms with Crippen LogP contribution >= 0.6 is 11.6 Å². The van der Waals surface area contributed by atoms with E-state index in [-0.39, 0.29) is 17.5 Å². The number of ether oxygens (including phenoxy) is 3. The first-order valence-corrected chi connectivity index (χ1v) is 8.56. The summed E-state index contributed by atoms with van der Waals surface area (Å²) >= 11 is 5.98. The minimum atomic E-state index is -0.698. The predicted octanol–water partition coefficient (Wildman–Crippen LogP) is 4.72. The lowest BCUT2D eigenvalue weighted by Crippen LogP contribution is -2.02. The van der Waals surface area contributed by atoms with Crippen LogP contribution in [0.5, 0.6) is 23.3 Å². The lowest BCUT2D eigenvalue weighted by atomic mass is 10.2. The van der Waals surface area contributed by atoms with Crippen LogP contribution in [0.2, 0.25) is 5.02 Å². The van der Waals surface area contributed by atoms with Crippen molar-refractivity contribution in [2.75, 3.05) is 7.11 Å². The van der Waals surface area contributed by atoms with Gasteiger partial charge in [-0.1, -0.05) is 11.6 Å². The highest BCUT2D eigenvalue weighted by atomic mass is 35.5. The van der Waals surface area contributed by atoms with Crippen molar-refractivity contribution in [1.29, 1.82) is 0 Å². The summed E-state index contributed by atoms with van der Waals surface area (Å²) in [4.78, 5) is 30.1. The maximum Gasteiger partial charge on any atom is 0.393 e. The standard InChI is InChI=1S/C19H14ClN3O6/c1-11-9-14(7-8-15(11)20)29-18-16(23(25)26)17(21-10-22-18)28-13-5-3-12(4-6-13)19(24)27-2/h3-10H,1-2H3. The molecule has 10 heteroatoms. The van der Waals surface area contributed by atoms with E-state index in [1.807, 2.05) is 0 Å². The van der Waals surface area contributed by atoms with Crippen LogP contribution in [0.25, 0.3) is 0 Å². The lowest BCUT2D eigenvalue weighted by Gasteiger charge is -2.09. The molecule has 1 heterocycles. The molecule has 0 saturated heterocycles. The van der Waals surface area contributed by atoms with Crippen LogP contribution in [-0.4, -0.2) is 28.0 Å². The van der Waals surface area contributed by atoms with Gasteiger partial charge in [-0.05, 0) is 55.0 Å². The second-order valence-electron chi connectivity index (χ2n) is 5.72. The van der Waals surface area contributed by atoms with Crippen molar-refractivity contribution in [3.05, 3.63) is 75.1 Å². The van der Waals surface area contributed by atoms with Crippen molar-refractivity contribution >= 4 is 23.3 Å². The molecule has 0 aliphatic carbocycles. The number of carbonyl (C=O) groups excluding carboxylic acids is 1. The van der Waals surface area contributed by atoms with Crippen molar-refractivity contribution < 1.29 is 23.9 Å². The van der Waals surface area contributed by atoms with Crippen LogP contribution in [0.3, 0.4) is 0 Å². The van der Waals surface area contributed by atoms with Crippen molar-refractivity contribution in [1.82, 2.24) is 9.97 Å². The Morgan fingerprint density at radius 1 is 1.03 bits per heavy atom. The van der Waals surface area contributed by atoms with Gasteiger partial charge in [0.05, 0.1) is 17.6 Å². The smallest absolute Gasteiger partial charge is 0.393 e. The quantitative estimate of drug-likeness (QED) is 0.323. The maximum atomic E-state index is 11.6. The molecule has 1 aromatic heterocycles.